The topological polar surface area (TPSA) is 69.6 Å². The Morgan fingerprint density at radius 1 is 1.25 bits per heavy atom. The van der Waals surface area contributed by atoms with Crippen molar-refractivity contribution in [2.45, 2.75) is 51.5 Å². The van der Waals surface area contributed by atoms with Crippen molar-refractivity contribution in [3.63, 3.8) is 0 Å². The molecule has 2 fully saturated rings. The summed E-state index contributed by atoms with van der Waals surface area (Å²) in [6.45, 7) is 3.23. The van der Waals surface area contributed by atoms with Gasteiger partial charge in [-0.2, -0.15) is 0 Å². The highest BCUT2D eigenvalue weighted by Crippen LogP contribution is 2.25. The summed E-state index contributed by atoms with van der Waals surface area (Å²) in [4.78, 5) is 25.7. The molecule has 1 aliphatic carbocycles. The lowest BCUT2D eigenvalue weighted by atomic mass is 10.0. The van der Waals surface area contributed by atoms with Gasteiger partial charge in [0.25, 0.3) is 0 Å². The summed E-state index contributed by atoms with van der Waals surface area (Å²) in [5, 5.41) is 12.2. The molecular weight excluding hydrogens is 256 g/mol. The van der Waals surface area contributed by atoms with E-state index in [2.05, 4.69) is 12.2 Å². The van der Waals surface area contributed by atoms with Crippen LogP contribution in [0, 0.1) is 11.8 Å². The Morgan fingerprint density at radius 2 is 1.95 bits per heavy atom. The van der Waals surface area contributed by atoms with E-state index in [-0.39, 0.29) is 30.4 Å². The van der Waals surface area contributed by atoms with Crippen LogP contribution in [0.4, 0.5) is 0 Å². The van der Waals surface area contributed by atoms with E-state index in [0.29, 0.717) is 18.9 Å². The maximum atomic E-state index is 12.1. The molecule has 2 amide bonds. The van der Waals surface area contributed by atoms with Crippen LogP contribution >= 0.6 is 0 Å². The predicted molar refractivity (Wildman–Crippen MR) is 76.0 cm³/mol. The van der Waals surface area contributed by atoms with Gasteiger partial charge < -0.3 is 15.3 Å². The van der Waals surface area contributed by atoms with E-state index in [1.165, 1.54) is 0 Å². The molecule has 0 spiro atoms. The molecule has 0 radical (unpaired) electrons. The molecule has 20 heavy (non-hydrogen) atoms. The number of likely N-dealkylation sites (tertiary alicyclic amines) is 1. The monoisotopic (exact) mass is 282 g/mol. The van der Waals surface area contributed by atoms with Crippen molar-refractivity contribution in [2.75, 3.05) is 19.7 Å². The standard InChI is InChI=1S/C15H26N2O3/c1-11-7-9-17(13(11)10-18)14(19)6-8-16-15(20)12-4-2-3-5-12/h11-13,18H,2-10H2,1H3,(H,16,20). The Labute approximate surface area is 120 Å². The molecule has 5 heteroatoms. The molecule has 2 atom stereocenters. The molecule has 0 aromatic carbocycles. The fourth-order valence-electron chi connectivity index (χ4n) is 3.36. The summed E-state index contributed by atoms with van der Waals surface area (Å²) in [6.07, 6.45) is 5.53. The Morgan fingerprint density at radius 3 is 2.60 bits per heavy atom. The van der Waals surface area contributed by atoms with E-state index in [1.807, 2.05) is 0 Å². The Kier molecular flexibility index (Phi) is 5.40. The second kappa shape index (κ2) is 7.07. The number of aliphatic hydroxyl groups is 1. The van der Waals surface area contributed by atoms with Crippen LogP contribution in [0.25, 0.3) is 0 Å². The quantitative estimate of drug-likeness (QED) is 0.787. The molecule has 0 aromatic rings. The second-order valence-corrected chi connectivity index (χ2v) is 6.13. The van der Waals surface area contributed by atoms with Gasteiger partial charge in [-0.15, -0.1) is 0 Å². The summed E-state index contributed by atoms with van der Waals surface area (Å²) in [6, 6.07) is -0.0481. The summed E-state index contributed by atoms with van der Waals surface area (Å²) in [5.74, 6) is 0.656. The fraction of sp³-hybridized carbons (Fsp3) is 0.867. The SMILES string of the molecule is CC1CCN(C(=O)CCNC(=O)C2CCCC2)C1CO. The van der Waals surface area contributed by atoms with Crippen LogP contribution in [0.3, 0.4) is 0 Å². The molecule has 1 heterocycles. The molecule has 1 saturated heterocycles. The van der Waals surface area contributed by atoms with E-state index in [9.17, 15) is 14.7 Å². The third-order valence-corrected chi connectivity index (χ3v) is 4.75. The maximum Gasteiger partial charge on any atom is 0.224 e. The summed E-state index contributed by atoms with van der Waals surface area (Å²) >= 11 is 0. The molecule has 0 bridgehead atoms. The van der Waals surface area contributed by atoms with Crippen LogP contribution in [-0.4, -0.2) is 47.6 Å². The smallest absolute Gasteiger partial charge is 0.224 e. The highest BCUT2D eigenvalue weighted by Gasteiger charge is 2.33. The largest absolute Gasteiger partial charge is 0.394 e. The molecule has 114 valence electrons. The summed E-state index contributed by atoms with van der Waals surface area (Å²) < 4.78 is 0. The molecule has 2 unspecified atom stereocenters. The van der Waals surface area contributed by atoms with Gasteiger partial charge in [0.2, 0.25) is 11.8 Å². The third-order valence-electron chi connectivity index (χ3n) is 4.75. The van der Waals surface area contributed by atoms with Gasteiger partial charge in [0.05, 0.1) is 12.6 Å². The van der Waals surface area contributed by atoms with Gasteiger partial charge >= 0.3 is 0 Å². The Hall–Kier alpha value is -1.10. The van der Waals surface area contributed by atoms with Gasteiger partial charge in [-0.1, -0.05) is 19.8 Å². The number of amides is 2. The molecule has 0 aromatic heterocycles. The van der Waals surface area contributed by atoms with Gasteiger partial charge in [-0.25, -0.2) is 0 Å². The zero-order chi connectivity index (χ0) is 14.5. The second-order valence-electron chi connectivity index (χ2n) is 6.13. The van der Waals surface area contributed by atoms with E-state index >= 15 is 0 Å². The average molecular weight is 282 g/mol. The number of hydrogen-bond acceptors (Lipinski definition) is 3. The van der Waals surface area contributed by atoms with Crippen LogP contribution in [-0.2, 0) is 9.59 Å². The van der Waals surface area contributed by atoms with Gasteiger partial charge in [-0.3, -0.25) is 9.59 Å². The van der Waals surface area contributed by atoms with Crippen LogP contribution in [0.2, 0.25) is 0 Å². The van der Waals surface area contributed by atoms with Crippen LogP contribution in [0.5, 0.6) is 0 Å². The minimum atomic E-state index is -0.0481. The first kappa shape index (κ1) is 15.3. The number of carbonyl (C=O) groups excluding carboxylic acids is 2. The van der Waals surface area contributed by atoms with Crippen LogP contribution in [0.15, 0.2) is 0 Å². The molecule has 2 aliphatic rings. The summed E-state index contributed by atoms with van der Waals surface area (Å²) in [5.41, 5.74) is 0. The molecule has 2 N–H and O–H groups in total. The highest BCUT2D eigenvalue weighted by atomic mass is 16.3. The number of nitrogens with zero attached hydrogens (tertiary/aromatic N) is 1. The van der Waals surface area contributed by atoms with Crippen molar-refractivity contribution >= 4 is 11.8 Å². The first-order valence-electron chi connectivity index (χ1n) is 7.81. The molecule has 1 aliphatic heterocycles. The van der Waals surface area contributed by atoms with E-state index in [1.54, 1.807) is 4.90 Å². The van der Waals surface area contributed by atoms with Gasteiger partial charge in [0.15, 0.2) is 0 Å². The number of rotatable bonds is 5. The van der Waals surface area contributed by atoms with Gasteiger partial charge in [-0.05, 0) is 25.2 Å². The number of aliphatic hydroxyl groups excluding tert-OH is 1. The lowest BCUT2D eigenvalue weighted by Gasteiger charge is -2.25. The fourth-order valence-corrected chi connectivity index (χ4v) is 3.36. The highest BCUT2D eigenvalue weighted by molar-refractivity contribution is 5.81. The van der Waals surface area contributed by atoms with E-state index in [0.717, 1.165) is 38.6 Å². The van der Waals surface area contributed by atoms with Crippen molar-refractivity contribution in [1.29, 1.82) is 0 Å². The third kappa shape index (κ3) is 3.51. The predicted octanol–water partition coefficient (Wildman–Crippen LogP) is 0.912. The lowest BCUT2D eigenvalue weighted by molar-refractivity contribution is -0.133. The lowest BCUT2D eigenvalue weighted by Crippen LogP contribution is -2.41. The van der Waals surface area contributed by atoms with Crippen molar-refractivity contribution in [2.24, 2.45) is 11.8 Å². The van der Waals surface area contributed by atoms with E-state index < -0.39 is 0 Å². The Bertz CT molecular complexity index is 353. The van der Waals surface area contributed by atoms with Crippen LogP contribution in [0.1, 0.15) is 45.4 Å². The molecule has 2 rings (SSSR count). The van der Waals surface area contributed by atoms with Crippen molar-refractivity contribution in [1.82, 2.24) is 10.2 Å². The average Bonchev–Trinajstić information content (AvgIpc) is 3.07. The first-order valence-corrected chi connectivity index (χ1v) is 7.81. The molecule has 1 saturated carbocycles. The summed E-state index contributed by atoms with van der Waals surface area (Å²) in [7, 11) is 0. The van der Waals surface area contributed by atoms with Gasteiger partial charge in [0, 0.05) is 25.4 Å². The molecular formula is C15H26N2O3. The normalized spacial score (nSPS) is 27.0. The van der Waals surface area contributed by atoms with Crippen LogP contribution < -0.4 is 5.32 Å². The number of nitrogens with one attached hydrogen (secondary N) is 1. The maximum absolute atomic E-state index is 12.1. The Balaban J connectivity index is 1.71. The number of hydrogen-bond donors (Lipinski definition) is 2. The minimum Gasteiger partial charge on any atom is -0.394 e. The zero-order valence-corrected chi connectivity index (χ0v) is 12.3. The number of carbonyl (C=O) groups is 2. The first-order chi connectivity index (χ1) is 9.63. The van der Waals surface area contributed by atoms with Crippen molar-refractivity contribution in [3.8, 4) is 0 Å². The van der Waals surface area contributed by atoms with E-state index in [4.69, 9.17) is 0 Å². The molecule has 5 nitrogen and oxygen atoms in total. The van der Waals surface area contributed by atoms with Gasteiger partial charge in [0.1, 0.15) is 0 Å². The van der Waals surface area contributed by atoms with Crippen molar-refractivity contribution < 1.29 is 14.7 Å². The minimum absolute atomic E-state index is 0.0291. The van der Waals surface area contributed by atoms with Crippen molar-refractivity contribution in [3.05, 3.63) is 0 Å². The zero-order valence-electron chi connectivity index (χ0n) is 12.3.